The van der Waals surface area contributed by atoms with E-state index in [2.05, 4.69) is 5.32 Å². The Kier molecular flexibility index (Phi) is 5.96. The SMILES string of the molecule is Cc1cccc(S(=O)(=O)C2CCCc3ccc(NC(=O)[C@@H](C)c4ccccc4)cc32)c1. The Hall–Kier alpha value is -2.92. The number of hydrogen-bond donors (Lipinski definition) is 1. The van der Waals surface area contributed by atoms with Crippen molar-refractivity contribution in [3.63, 3.8) is 0 Å². The van der Waals surface area contributed by atoms with E-state index in [-0.39, 0.29) is 11.8 Å². The van der Waals surface area contributed by atoms with Gasteiger partial charge >= 0.3 is 0 Å². The highest BCUT2D eigenvalue weighted by molar-refractivity contribution is 7.91. The first-order chi connectivity index (χ1) is 14.9. The maximum absolute atomic E-state index is 13.4. The Balaban J connectivity index is 1.63. The fourth-order valence-corrected chi connectivity index (χ4v) is 6.23. The van der Waals surface area contributed by atoms with Crippen LogP contribution in [0.5, 0.6) is 0 Å². The molecule has 0 radical (unpaired) electrons. The Labute approximate surface area is 184 Å². The number of sulfone groups is 1. The number of benzene rings is 3. The molecule has 0 heterocycles. The molecular formula is C26H27NO3S. The third-order valence-electron chi connectivity index (χ3n) is 6.06. The number of fused-ring (bicyclic) bond motifs is 1. The zero-order valence-electron chi connectivity index (χ0n) is 17.8. The van der Waals surface area contributed by atoms with E-state index in [1.165, 1.54) is 0 Å². The second kappa shape index (κ2) is 8.67. The molecule has 4 nitrogen and oxygen atoms in total. The molecule has 0 aromatic heterocycles. The number of carbonyl (C=O) groups is 1. The van der Waals surface area contributed by atoms with Crippen LogP contribution in [0.4, 0.5) is 5.69 Å². The van der Waals surface area contributed by atoms with Crippen molar-refractivity contribution in [1.29, 1.82) is 0 Å². The molecular weight excluding hydrogens is 406 g/mol. The molecule has 0 bridgehead atoms. The minimum absolute atomic E-state index is 0.111. The van der Waals surface area contributed by atoms with Gasteiger partial charge in [-0.25, -0.2) is 8.42 Å². The average Bonchev–Trinajstić information content (AvgIpc) is 2.78. The summed E-state index contributed by atoms with van der Waals surface area (Å²) in [5.74, 6) is -0.413. The van der Waals surface area contributed by atoms with Gasteiger partial charge in [0.25, 0.3) is 0 Å². The van der Waals surface area contributed by atoms with Gasteiger partial charge in [-0.2, -0.15) is 0 Å². The Bertz CT molecular complexity index is 1200. The molecule has 0 saturated heterocycles. The van der Waals surface area contributed by atoms with Crippen LogP contribution in [0.15, 0.2) is 77.7 Å². The predicted octanol–water partition coefficient (Wildman–Crippen LogP) is 5.59. The Morgan fingerprint density at radius 3 is 2.52 bits per heavy atom. The van der Waals surface area contributed by atoms with Gasteiger partial charge in [-0.15, -0.1) is 0 Å². The fourth-order valence-electron chi connectivity index (χ4n) is 4.26. The predicted molar refractivity (Wildman–Crippen MR) is 124 cm³/mol. The zero-order valence-corrected chi connectivity index (χ0v) is 18.7. The summed E-state index contributed by atoms with van der Waals surface area (Å²) in [5.41, 5.74) is 4.35. The fraction of sp³-hybridized carbons (Fsp3) is 0.269. The van der Waals surface area contributed by atoms with Gasteiger partial charge < -0.3 is 5.32 Å². The van der Waals surface area contributed by atoms with Crippen LogP contribution in [0.2, 0.25) is 0 Å². The highest BCUT2D eigenvalue weighted by atomic mass is 32.2. The van der Waals surface area contributed by atoms with Crippen molar-refractivity contribution < 1.29 is 13.2 Å². The number of amides is 1. The first kappa shape index (κ1) is 21.3. The molecule has 160 valence electrons. The molecule has 1 N–H and O–H groups in total. The van der Waals surface area contributed by atoms with E-state index in [0.29, 0.717) is 17.0 Å². The normalized spacial score (nSPS) is 16.9. The summed E-state index contributed by atoms with van der Waals surface area (Å²) in [6, 6.07) is 22.4. The standard InChI is InChI=1S/C26H27NO3S/c1-18-8-6-12-23(16-18)31(29,30)25-13-7-11-21-14-15-22(17-24(21)25)27-26(28)19(2)20-9-4-3-5-10-20/h3-6,8-10,12,14-17,19,25H,7,11,13H2,1-2H3,(H,27,28)/t19-,25?/m0/s1. The van der Waals surface area contributed by atoms with E-state index >= 15 is 0 Å². The minimum Gasteiger partial charge on any atom is -0.326 e. The van der Waals surface area contributed by atoms with E-state index in [0.717, 1.165) is 35.1 Å². The largest absolute Gasteiger partial charge is 0.326 e. The van der Waals surface area contributed by atoms with Gasteiger partial charge in [0.1, 0.15) is 0 Å². The van der Waals surface area contributed by atoms with Crippen LogP contribution in [0, 0.1) is 6.92 Å². The molecule has 1 unspecified atom stereocenters. The number of carbonyl (C=O) groups excluding carboxylic acids is 1. The molecule has 1 aliphatic rings. The van der Waals surface area contributed by atoms with Gasteiger partial charge in [0.2, 0.25) is 5.91 Å². The zero-order chi connectivity index (χ0) is 22.0. The van der Waals surface area contributed by atoms with E-state index in [1.54, 1.807) is 18.2 Å². The van der Waals surface area contributed by atoms with Gasteiger partial charge in [0.15, 0.2) is 9.84 Å². The Morgan fingerprint density at radius 2 is 1.77 bits per heavy atom. The molecule has 1 aliphatic carbocycles. The van der Waals surface area contributed by atoms with Crippen molar-refractivity contribution >= 4 is 21.4 Å². The number of rotatable bonds is 5. The highest BCUT2D eigenvalue weighted by Crippen LogP contribution is 2.40. The summed E-state index contributed by atoms with van der Waals surface area (Å²) in [5, 5.41) is 2.38. The summed E-state index contributed by atoms with van der Waals surface area (Å²) in [4.78, 5) is 13.1. The smallest absolute Gasteiger partial charge is 0.231 e. The maximum atomic E-state index is 13.4. The number of nitrogens with one attached hydrogen (secondary N) is 1. The quantitative estimate of drug-likeness (QED) is 0.571. The van der Waals surface area contributed by atoms with Crippen molar-refractivity contribution in [2.75, 3.05) is 5.32 Å². The van der Waals surface area contributed by atoms with E-state index in [9.17, 15) is 13.2 Å². The van der Waals surface area contributed by atoms with Crippen LogP contribution >= 0.6 is 0 Å². The monoisotopic (exact) mass is 433 g/mol. The topological polar surface area (TPSA) is 63.2 Å². The van der Waals surface area contributed by atoms with E-state index < -0.39 is 15.1 Å². The number of hydrogen-bond acceptors (Lipinski definition) is 3. The molecule has 5 heteroatoms. The van der Waals surface area contributed by atoms with Gasteiger partial charge in [0, 0.05) is 5.69 Å². The lowest BCUT2D eigenvalue weighted by atomic mass is 9.91. The highest BCUT2D eigenvalue weighted by Gasteiger charge is 2.33. The summed E-state index contributed by atoms with van der Waals surface area (Å²) < 4.78 is 26.9. The molecule has 0 fully saturated rings. The lowest BCUT2D eigenvalue weighted by Gasteiger charge is -2.26. The van der Waals surface area contributed by atoms with Crippen molar-refractivity contribution in [2.45, 2.75) is 49.2 Å². The van der Waals surface area contributed by atoms with Gasteiger partial charge in [-0.1, -0.05) is 48.5 Å². The van der Waals surface area contributed by atoms with Crippen molar-refractivity contribution in [1.82, 2.24) is 0 Å². The Morgan fingerprint density at radius 1 is 1.00 bits per heavy atom. The molecule has 0 aliphatic heterocycles. The molecule has 0 saturated carbocycles. The first-order valence-electron chi connectivity index (χ1n) is 10.7. The molecule has 3 aromatic rings. The summed E-state index contributed by atoms with van der Waals surface area (Å²) in [7, 11) is -3.52. The molecule has 2 atom stereocenters. The van der Waals surface area contributed by atoms with Crippen molar-refractivity contribution in [3.8, 4) is 0 Å². The van der Waals surface area contributed by atoms with Crippen LogP contribution in [0.25, 0.3) is 0 Å². The van der Waals surface area contributed by atoms with Crippen molar-refractivity contribution in [2.24, 2.45) is 0 Å². The summed E-state index contributed by atoms with van der Waals surface area (Å²) in [6.07, 6.45) is 2.27. The third kappa shape index (κ3) is 4.42. The van der Waals surface area contributed by atoms with Crippen LogP contribution in [0.3, 0.4) is 0 Å². The lowest BCUT2D eigenvalue weighted by molar-refractivity contribution is -0.117. The summed E-state index contributed by atoms with van der Waals surface area (Å²) >= 11 is 0. The van der Waals surface area contributed by atoms with Crippen LogP contribution in [-0.2, 0) is 21.1 Å². The van der Waals surface area contributed by atoms with Crippen LogP contribution in [0.1, 0.15) is 53.2 Å². The third-order valence-corrected chi connectivity index (χ3v) is 8.21. The lowest BCUT2D eigenvalue weighted by Crippen LogP contribution is -2.21. The first-order valence-corrected chi connectivity index (χ1v) is 12.2. The van der Waals surface area contributed by atoms with Crippen LogP contribution in [-0.4, -0.2) is 14.3 Å². The van der Waals surface area contributed by atoms with Gasteiger partial charge in [0.05, 0.1) is 16.1 Å². The van der Waals surface area contributed by atoms with Crippen LogP contribution < -0.4 is 5.32 Å². The number of aryl methyl sites for hydroxylation is 2. The number of anilines is 1. The molecule has 3 aromatic carbocycles. The molecule has 1 amide bonds. The van der Waals surface area contributed by atoms with E-state index in [1.807, 2.05) is 68.4 Å². The average molecular weight is 434 g/mol. The minimum atomic E-state index is -3.52. The summed E-state index contributed by atoms with van der Waals surface area (Å²) in [6.45, 7) is 3.77. The maximum Gasteiger partial charge on any atom is 0.231 e. The van der Waals surface area contributed by atoms with Crippen molar-refractivity contribution in [3.05, 3.63) is 95.1 Å². The van der Waals surface area contributed by atoms with Gasteiger partial charge in [-0.05, 0) is 79.6 Å². The van der Waals surface area contributed by atoms with Gasteiger partial charge in [-0.3, -0.25) is 4.79 Å². The second-order valence-corrected chi connectivity index (χ2v) is 10.4. The molecule has 0 spiro atoms. The van der Waals surface area contributed by atoms with E-state index in [4.69, 9.17) is 0 Å². The molecule has 31 heavy (non-hydrogen) atoms. The second-order valence-electron chi connectivity index (χ2n) is 8.28. The molecule has 4 rings (SSSR count).